The Labute approximate surface area is 156 Å². The first-order valence-corrected chi connectivity index (χ1v) is 8.28. The molecular weight excluding hydrogens is 348 g/mol. The average molecular weight is 363 g/mol. The summed E-state index contributed by atoms with van der Waals surface area (Å²) >= 11 is 6.14. The van der Waals surface area contributed by atoms with Gasteiger partial charge >= 0.3 is 0 Å². The summed E-state index contributed by atoms with van der Waals surface area (Å²) in [5.74, 6) is -0.332. The standard InChI is InChI=1S/C20H15ClN4O/c21-18-7-3-1-6-15(18)12-24-17-9-16(11-23-13-17)20(26)25-19-8-4-2-5-14(19)10-22/h1-9,11,13,24H,12H2,(H,25,26). The molecular formula is C20H15ClN4O. The second kappa shape index (κ2) is 8.15. The number of carbonyl (C=O) groups excluding carboxylic acids is 1. The maximum atomic E-state index is 12.5. The molecule has 0 aliphatic heterocycles. The first kappa shape index (κ1) is 17.5. The topological polar surface area (TPSA) is 77.8 Å². The monoisotopic (exact) mass is 362 g/mol. The molecule has 0 atom stereocenters. The van der Waals surface area contributed by atoms with Crippen LogP contribution in [0.25, 0.3) is 0 Å². The Balaban J connectivity index is 1.71. The van der Waals surface area contributed by atoms with Gasteiger partial charge in [0.05, 0.1) is 22.5 Å². The minimum atomic E-state index is -0.332. The quantitative estimate of drug-likeness (QED) is 0.701. The third-order valence-corrected chi connectivity index (χ3v) is 4.11. The molecule has 0 saturated heterocycles. The highest BCUT2D eigenvalue weighted by atomic mass is 35.5. The van der Waals surface area contributed by atoms with Crippen LogP contribution >= 0.6 is 11.6 Å². The maximum absolute atomic E-state index is 12.5. The predicted octanol–water partition coefficient (Wildman–Crippen LogP) is 4.47. The Kier molecular flexibility index (Phi) is 5.47. The van der Waals surface area contributed by atoms with E-state index in [1.165, 1.54) is 6.20 Å². The average Bonchev–Trinajstić information content (AvgIpc) is 2.68. The van der Waals surface area contributed by atoms with E-state index in [4.69, 9.17) is 16.9 Å². The highest BCUT2D eigenvalue weighted by Crippen LogP contribution is 2.18. The molecule has 0 saturated carbocycles. The number of nitriles is 1. The van der Waals surface area contributed by atoms with E-state index in [0.717, 1.165) is 5.56 Å². The van der Waals surface area contributed by atoms with E-state index < -0.39 is 0 Å². The maximum Gasteiger partial charge on any atom is 0.257 e. The third kappa shape index (κ3) is 4.18. The van der Waals surface area contributed by atoms with Crippen LogP contribution in [-0.2, 0) is 6.54 Å². The van der Waals surface area contributed by atoms with Crippen molar-refractivity contribution in [2.75, 3.05) is 10.6 Å². The Morgan fingerprint density at radius 3 is 2.69 bits per heavy atom. The predicted molar refractivity (Wildman–Crippen MR) is 102 cm³/mol. The van der Waals surface area contributed by atoms with Gasteiger partial charge < -0.3 is 10.6 Å². The molecule has 3 rings (SSSR count). The number of hydrogen-bond donors (Lipinski definition) is 2. The summed E-state index contributed by atoms with van der Waals surface area (Å²) in [6.07, 6.45) is 3.11. The number of amides is 1. The number of benzene rings is 2. The molecule has 1 amide bonds. The third-order valence-electron chi connectivity index (χ3n) is 3.74. The lowest BCUT2D eigenvalue weighted by atomic mass is 10.1. The van der Waals surface area contributed by atoms with E-state index in [2.05, 4.69) is 21.7 Å². The Morgan fingerprint density at radius 1 is 1.12 bits per heavy atom. The van der Waals surface area contributed by atoms with Crippen molar-refractivity contribution < 1.29 is 4.79 Å². The number of halogens is 1. The zero-order valence-electron chi connectivity index (χ0n) is 13.7. The molecule has 1 heterocycles. The van der Waals surface area contributed by atoms with Gasteiger partial charge in [-0.1, -0.05) is 41.9 Å². The summed E-state index contributed by atoms with van der Waals surface area (Å²) in [5.41, 5.74) is 2.91. The molecule has 6 heteroatoms. The number of carbonyl (C=O) groups is 1. The van der Waals surface area contributed by atoms with Crippen molar-refractivity contribution in [3.8, 4) is 6.07 Å². The van der Waals surface area contributed by atoms with E-state index in [1.807, 2.05) is 24.3 Å². The van der Waals surface area contributed by atoms with Crippen LogP contribution in [0.2, 0.25) is 5.02 Å². The molecule has 0 fully saturated rings. The van der Waals surface area contributed by atoms with Crippen molar-refractivity contribution >= 4 is 28.9 Å². The number of pyridine rings is 1. The van der Waals surface area contributed by atoms with E-state index in [0.29, 0.717) is 34.1 Å². The van der Waals surface area contributed by atoms with E-state index >= 15 is 0 Å². The summed E-state index contributed by atoms with van der Waals surface area (Å²) < 4.78 is 0. The van der Waals surface area contributed by atoms with Crippen molar-refractivity contribution in [3.05, 3.63) is 88.7 Å². The zero-order chi connectivity index (χ0) is 18.4. The highest BCUT2D eigenvalue weighted by molar-refractivity contribution is 6.31. The van der Waals surface area contributed by atoms with Crippen LogP contribution in [0.15, 0.2) is 67.0 Å². The number of anilines is 2. The van der Waals surface area contributed by atoms with Crippen molar-refractivity contribution in [3.63, 3.8) is 0 Å². The van der Waals surface area contributed by atoms with Gasteiger partial charge in [-0.15, -0.1) is 0 Å². The molecule has 128 valence electrons. The number of para-hydroxylation sites is 1. The second-order valence-electron chi connectivity index (χ2n) is 5.52. The van der Waals surface area contributed by atoms with Gasteiger partial charge in [0.1, 0.15) is 6.07 Å². The molecule has 0 aliphatic carbocycles. The van der Waals surface area contributed by atoms with Crippen molar-refractivity contribution in [2.45, 2.75) is 6.54 Å². The minimum absolute atomic E-state index is 0.332. The molecule has 0 unspecified atom stereocenters. The number of rotatable bonds is 5. The summed E-state index contributed by atoms with van der Waals surface area (Å²) in [6.45, 7) is 0.518. The molecule has 0 radical (unpaired) electrons. The van der Waals surface area contributed by atoms with Gasteiger partial charge in [-0.25, -0.2) is 0 Å². The Morgan fingerprint density at radius 2 is 1.88 bits per heavy atom. The van der Waals surface area contributed by atoms with Crippen LogP contribution in [0, 0.1) is 11.3 Å². The fraction of sp³-hybridized carbons (Fsp3) is 0.0500. The first-order chi connectivity index (χ1) is 12.7. The van der Waals surface area contributed by atoms with Crippen LogP contribution in [-0.4, -0.2) is 10.9 Å². The summed E-state index contributed by atoms with van der Waals surface area (Å²) in [7, 11) is 0. The van der Waals surface area contributed by atoms with Crippen LogP contribution in [0.5, 0.6) is 0 Å². The van der Waals surface area contributed by atoms with Crippen LogP contribution in [0.1, 0.15) is 21.5 Å². The fourth-order valence-corrected chi connectivity index (χ4v) is 2.59. The SMILES string of the molecule is N#Cc1ccccc1NC(=O)c1cncc(NCc2ccccc2Cl)c1. The molecule has 26 heavy (non-hydrogen) atoms. The highest BCUT2D eigenvalue weighted by Gasteiger charge is 2.10. The van der Waals surface area contributed by atoms with Crippen LogP contribution in [0.3, 0.4) is 0 Å². The van der Waals surface area contributed by atoms with Crippen LogP contribution < -0.4 is 10.6 Å². The van der Waals surface area contributed by atoms with Gasteiger partial charge in [-0.2, -0.15) is 5.26 Å². The lowest BCUT2D eigenvalue weighted by Gasteiger charge is -2.10. The van der Waals surface area contributed by atoms with Gasteiger partial charge in [0.25, 0.3) is 5.91 Å². The van der Waals surface area contributed by atoms with Gasteiger partial charge in [-0.05, 0) is 29.8 Å². The minimum Gasteiger partial charge on any atom is -0.380 e. The lowest BCUT2D eigenvalue weighted by Crippen LogP contribution is -2.13. The molecule has 3 aromatic rings. The fourth-order valence-electron chi connectivity index (χ4n) is 2.38. The van der Waals surface area contributed by atoms with Gasteiger partial charge in [-0.3, -0.25) is 9.78 Å². The van der Waals surface area contributed by atoms with Crippen molar-refractivity contribution in [1.82, 2.24) is 4.98 Å². The number of aromatic nitrogens is 1. The molecule has 0 spiro atoms. The molecule has 2 aromatic carbocycles. The van der Waals surface area contributed by atoms with E-state index in [-0.39, 0.29) is 5.91 Å². The lowest BCUT2D eigenvalue weighted by molar-refractivity contribution is 0.102. The van der Waals surface area contributed by atoms with Crippen LogP contribution in [0.4, 0.5) is 11.4 Å². The van der Waals surface area contributed by atoms with E-state index in [9.17, 15) is 4.79 Å². The van der Waals surface area contributed by atoms with Gasteiger partial charge in [0, 0.05) is 24.0 Å². The number of hydrogen-bond acceptors (Lipinski definition) is 4. The second-order valence-corrected chi connectivity index (χ2v) is 5.93. The molecule has 0 bridgehead atoms. The number of nitrogens with zero attached hydrogens (tertiary/aromatic N) is 2. The molecule has 2 N–H and O–H groups in total. The summed E-state index contributed by atoms with van der Waals surface area (Å²) in [4.78, 5) is 16.6. The first-order valence-electron chi connectivity index (χ1n) is 7.90. The summed E-state index contributed by atoms with van der Waals surface area (Å²) in [6, 6.07) is 18.1. The Bertz CT molecular complexity index is 981. The Hall–Kier alpha value is -3.36. The van der Waals surface area contributed by atoms with E-state index in [1.54, 1.807) is 36.5 Å². The molecule has 1 aromatic heterocycles. The largest absolute Gasteiger partial charge is 0.380 e. The van der Waals surface area contributed by atoms with Crippen molar-refractivity contribution in [1.29, 1.82) is 5.26 Å². The van der Waals surface area contributed by atoms with Crippen molar-refractivity contribution in [2.24, 2.45) is 0 Å². The summed E-state index contributed by atoms with van der Waals surface area (Å²) in [5, 5.41) is 15.7. The zero-order valence-corrected chi connectivity index (χ0v) is 14.5. The van der Waals surface area contributed by atoms with Gasteiger partial charge in [0.2, 0.25) is 0 Å². The molecule has 0 aliphatic rings. The normalized spacial score (nSPS) is 10.0. The smallest absolute Gasteiger partial charge is 0.257 e. The van der Waals surface area contributed by atoms with Gasteiger partial charge in [0.15, 0.2) is 0 Å². The number of nitrogens with one attached hydrogen (secondary N) is 2. The molecule has 5 nitrogen and oxygen atoms in total.